The molecular weight excluding hydrogens is 200 g/mol. The molecule has 16 heavy (non-hydrogen) atoms. The quantitative estimate of drug-likeness (QED) is 0.767. The molecule has 2 aliphatic heterocycles. The van der Waals surface area contributed by atoms with Gasteiger partial charge < -0.3 is 10.5 Å². The fraction of sp³-hybridized carbons (Fsp3) is 0.538. The Morgan fingerprint density at radius 3 is 2.50 bits per heavy atom. The van der Waals surface area contributed by atoms with E-state index < -0.39 is 0 Å². The Morgan fingerprint density at radius 2 is 1.88 bits per heavy atom. The smallest absolute Gasteiger partial charge is 0.0637 e. The zero-order chi connectivity index (χ0) is 11.0. The molecule has 1 aromatic carbocycles. The van der Waals surface area contributed by atoms with Gasteiger partial charge in [-0.1, -0.05) is 24.3 Å². The first kappa shape index (κ1) is 10.3. The van der Waals surface area contributed by atoms with Gasteiger partial charge in [0.15, 0.2) is 0 Å². The highest BCUT2D eigenvalue weighted by atomic mass is 16.5. The third-order valence-corrected chi connectivity index (χ3v) is 3.71. The summed E-state index contributed by atoms with van der Waals surface area (Å²) in [4.78, 5) is 2.45. The molecule has 0 bridgehead atoms. The van der Waals surface area contributed by atoms with Crippen LogP contribution in [0, 0.1) is 0 Å². The van der Waals surface area contributed by atoms with E-state index in [-0.39, 0.29) is 6.04 Å². The lowest BCUT2D eigenvalue weighted by Crippen LogP contribution is -2.51. The van der Waals surface area contributed by atoms with Crippen molar-refractivity contribution in [2.45, 2.75) is 31.6 Å². The van der Waals surface area contributed by atoms with Crippen LogP contribution >= 0.6 is 0 Å². The predicted octanol–water partition coefficient (Wildman–Crippen LogP) is 1.12. The number of hydrogen-bond acceptors (Lipinski definition) is 3. The molecule has 2 aliphatic rings. The van der Waals surface area contributed by atoms with Crippen molar-refractivity contribution in [3.8, 4) is 0 Å². The highest BCUT2D eigenvalue weighted by Gasteiger charge is 2.31. The first-order chi connectivity index (χ1) is 7.84. The van der Waals surface area contributed by atoms with Gasteiger partial charge in [-0.25, -0.2) is 0 Å². The Labute approximate surface area is 96.2 Å². The number of ether oxygens (including phenoxy) is 1. The van der Waals surface area contributed by atoms with Crippen molar-refractivity contribution in [1.29, 1.82) is 0 Å². The first-order valence-corrected chi connectivity index (χ1v) is 5.99. The Balaban J connectivity index is 1.75. The van der Waals surface area contributed by atoms with Gasteiger partial charge in [0.25, 0.3) is 0 Å². The van der Waals surface area contributed by atoms with E-state index in [9.17, 15) is 0 Å². The Morgan fingerprint density at radius 1 is 1.19 bits per heavy atom. The maximum Gasteiger partial charge on any atom is 0.0637 e. The van der Waals surface area contributed by atoms with Gasteiger partial charge in [-0.15, -0.1) is 0 Å². The summed E-state index contributed by atoms with van der Waals surface area (Å²) in [5.74, 6) is 0. The molecule has 0 saturated carbocycles. The molecule has 2 unspecified atom stereocenters. The van der Waals surface area contributed by atoms with E-state index in [1.165, 1.54) is 11.1 Å². The van der Waals surface area contributed by atoms with Crippen molar-refractivity contribution in [2.24, 2.45) is 5.73 Å². The van der Waals surface area contributed by atoms with Crippen LogP contribution in [0.3, 0.4) is 0 Å². The van der Waals surface area contributed by atoms with Crippen LogP contribution in [0.1, 0.15) is 17.5 Å². The van der Waals surface area contributed by atoms with E-state index in [1.807, 2.05) is 0 Å². The molecule has 0 radical (unpaired) electrons. The second-order valence-corrected chi connectivity index (χ2v) is 4.77. The van der Waals surface area contributed by atoms with Crippen molar-refractivity contribution in [3.63, 3.8) is 0 Å². The van der Waals surface area contributed by atoms with Crippen LogP contribution in [-0.4, -0.2) is 30.2 Å². The Kier molecular flexibility index (Phi) is 2.67. The molecule has 3 heteroatoms. The molecule has 3 nitrogen and oxygen atoms in total. The van der Waals surface area contributed by atoms with Crippen LogP contribution in [0.25, 0.3) is 0 Å². The summed E-state index contributed by atoms with van der Waals surface area (Å²) in [7, 11) is 0. The van der Waals surface area contributed by atoms with E-state index in [0.717, 1.165) is 32.7 Å². The maximum atomic E-state index is 6.17. The number of nitrogens with two attached hydrogens (primary N) is 1. The van der Waals surface area contributed by atoms with Gasteiger partial charge in [-0.3, -0.25) is 4.90 Å². The zero-order valence-electron chi connectivity index (χ0n) is 9.43. The molecule has 2 N–H and O–H groups in total. The van der Waals surface area contributed by atoms with E-state index in [0.29, 0.717) is 6.04 Å². The molecule has 1 saturated heterocycles. The number of hydrogen-bond donors (Lipinski definition) is 1. The van der Waals surface area contributed by atoms with Crippen molar-refractivity contribution in [2.75, 3.05) is 13.2 Å². The number of benzene rings is 1. The number of fused-ring (bicyclic) bond motifs is 1. The molecule has 3 rings (SSSR count). The Bertz CT molecular complexity index is 355. The topological polar surface area (TPSA) is 38.5 Å². The molecule has 2 heterocycles. The van der Waals surface area contributed by atoms with Gasteiger partial charge in [0, 0.05) is 31.8 Å². The second-order valence-electron chi connectivity index (χ2n) is 4.77. The first-order valence-electron chi connectivity index (χ1n) is 5.99. The summed E-state index contributed by atoms with van der Waals surface area (Å²) in [6, 6.07) is 9.30. The average Bonchev–Trinajstić information content (AvgIpc) is 2.73. The fourth-order valence-electron chi connectivity index (χ4n) is 2.71. The van der Waals surface area contributed by atoms with E-state index in [1.54, 1.807) is 0 Å². The molecule has 1 fully saturated rings. The Hall–Kier alpha value is -0.900. The lowest BCUT2D eigenvalue weighted by Gasteiger charge is -2.35. The average molecular weight is 218 g/mol. The highest BCUT2D eigenvalue weighted by molar-refractivity contribution is 5.30. The van der Waals surface area contributed by atoms with E-state index in [2.05, 4.69) is 29.2 Å². The van der Waals surface area contributed by atoms with Crippen LogP contribution in [-0.2, 0) is 17.8 Å². The summed E-state index contributed by atoms with van der Waals surface area (Å²) < 4.78 is 5.54. The monoisotopic (exact) mass is 218 g/mol. The maximum absolute atomic E-state index is 6.17. The van der Waals surface area contributed by atoms with Gasteiger partial charge in [0.1, 0.15) is 0 Å². The number of rotatable bonds is 1. The second kappa shape index (κ2) is 4.17. The zero-order valence-corrected chi connectivity index (χ0v) is 9.43. The van der Waals surface area contributed by atoms with Crippen molar-refractivity contribution < 1.29 is 4.74 Å². The molecule has 1 aromatic rings. The van der Waals surface area contributed by atoms with Gasteiger partial charge >= 0.3 is 0 Å². The summed E-state index contributed by atoms with van der Waals surface area (Å²) in [5.41, 5.74) is 9.06. The summed E-state index contributed by atoms with van der Waals surface area (Å²) in [6.07, 6.45) is 0.984. The molecular formula is C13H18N2O. The normalized spacial score (nSPS) is 30.3. The number of nitrogens with zero attached hydrogens (tertiary/aromatic N) is 1. The van der Waals surface area contributed by atoms with Gasteiger partial charge in [0.05, 0.1) is 6.61 Å². The third-order valence-electron chi connectivity index (χ3n) is 3.71. The lowest BCUT2D eigenvalue weighted by atomic mass is 10.0. The minimum atomic E-state index is 0.267. The van der Waals surface area contributed by atoms with Gasteiger partial charge in [-0.05, 0) is 17.5 Å². The molecule has 0 aliphatic carbocycles. The van der Waals surface area contributed by atoms with E-state index in [4.69, 9.17) is 10.5 Å². The molecule has 2 atom stereocenters. The van der Waals surface area contributed by atoms with Crippen LogP contribution in [0.2, 0.25) is 0 Å². The molecule has 86 valence electrons. The third kappa shape index (κ3) is 1.75. The van der Waals surface area contributed by atoms with Crippen LogP contribution in [0.4, 0.5) is 0 Å². The molecule has 0 aromatic heterocycles. The summed E-state index contributed by atoms with van der Waals surface area (Å²) >= 11 is 0. The van der Waals surface area contributed by atoms with Crippen molar-refractivity contribution in [1.82, 2.24) is 4.90 Å². The predicted molar refractivity (Wildman–Crippen MR) is 62.9 cm³/mol. The molecule has 0 amide bonds. The van der Waals surface area contributed by atoms with Crippen molar-refractivity contribution >= 4 is 0 Å². The van der Waals surface area contributed by atoms with Gasteiger partial charge in [-0.2, -0.15) is 0 Å². The van der Waals surface area contributed by atoms with E-state index >= 15 is 0 Å². The van der Waals surface area contributed by atoms with Crippen LogP contribution in [0.15, 0.2) is 24.3 Å². The lowest BCUT2D eigenvalue weighted by molar-refractivity contribution is 0.00401. The summed E-state index contributed by atoms with van der Waals surface area (Å²) in [5, 5.41) is 0. The van der Waals surface area contributed by atoms with Crippen LogP contribution < -0.4 is 5.73 Å². The minimum absolute atomic E-state index is 0.267. The molecule has 0 spiro atoms. The largest absolute Gasteiger partial charge is 0.380 e. The van der Waals surface area contributed by atoms with Gasteiger partial charge in [0.2, 0.25) is 0 Å². The standard InChI is InChI=1S/C13H18N2O/c14-12-5-6-16-9-13(12)15-7-10-3-1-2-4-11(10)8-15/h1-4,12-13H,5-9,14H2. The minimum Gasteiger partial charge on any atom is -0.380 e. The fourth-order valence-corrected chi connectivity index (χ4v) is 2.71. The highest BCUT2D eigenvalue weighted by Crippen LogP contribution is 2.26. The summed E-state index contributed by atoms with van der Waals surface area (Å²) in [6.45, 7) is 3.66. The van der Waals surface area contributed by atoms with Crippen LogP contribution in [0.5, 0.6) is 0 Å². The SMILES string of the molecule is NC1CCOCC1N1Cc2ccccc2C1. The van der Waals surface area contributed by atoms with Crippen molar-refractivity contribution in [3.05, 3.63) is 35.4 Å².